The van der Waals surface area contributed by atoms with Crippen LogP contribution in [0.3, 0.4) is 0 Å². The van der Waals surface area contributed by atoms with E-state index in [0.29, 0.717) is 0 Å². The summed E-state index contributed by atoms with van der Waals surface area (Å²) in [5.41, 5.74) is -0.451. The molecule has 1 aromatic carbocycles. The predicted molar refractivity (Wildman–Crippen MR) is 48.9 cm³/mol. The van der Waals surface area contributed by atoms with Gasteiger partial charge in [0, 0.05) is 5.46 Å². The molecule has 0 saturated carbocycles. The van der Waals surface area contributed by atoms with Crippen LogP contribution in [0.1, 0.15) is 0 Å². The smallest absolute Gasteiger partial charge is 0.423 e. The van der Waals surface area contributed by atoms with Crippen molar-refractivity contribution in [2.24, 2.45) is 0 Å². The standard InChI is InChI=1S/C6H4BF2IO2/c8-5-3(7(11)12)1-2-4(10)6(5)9/h1-2,11-12H. The third-order valence-electron chi connectivity index (χ3n) is 1.34. The summed E-state index contributed by atoms with van der Waals surface area (Å²) in [7, 11) is -1.98. The molecule has 0 heterocycles. The molecule has 1 rings (SSSR count). The Kier molecular flexibility index (Phi) is 3.02. The second kappa shape index (κ2) is 3.67. The molecule has 0 aliphatic heterocycles. The van der Waals surface area contributed by atoms with Gasteiger partial charge in [-0.25, -0.2) is 8.78 Å². The minimum Gasteiger partial charge on any atom is -0.423 e. The summed E-state index contributed by atoms with van der Waals surface area (Å²) in [6, 6.07) is 2.40. The summed E-state index contributed by atoms with van der Waals surface area (Å²) in [6.07, 6.45) is 0. The van der Waals surface area contributed by atoms with E-state index in [1.54, 1.807) is 22.6 Å². The first-order valence-corrected chi connectivity index (χ1v) is 4.11. The minimum absolute atomic E-state index is 0.106. The van der Waals surface area contributed by atoms with E-state index in [9.17, 15) is 8.78 Å². The molecule has 12 heavy (non-hydrogen) atoms. The molecule has 0 spiro atoms. The highest BCUT2D eigenvalue weighted by atomic mass is 127. The normalized spacial score (nSPS) is 10.1. The van der Waals surface area contributed by atoms with Crippen molar-refractivity contribution in [3.8, 4) is 0 Å². The molecule has 0 amide bonds. The number of benzene rings is 1. The highest BCUT2D eigenvalue weighted by Gasteiger charge is 2.20. The van der Waals surface area contributed by atoms with Crippen molar-refractivity contribution in [2.75, 3.05) is 0 Å². The third-order valence-corrected chi connectivity index (χ3v) is 2.18. The van der Waals surface area contributed by atoms with E-state index in [-0.39, 0.29) is 3.57 Å². The van der Waals surface area contributed by atoms with Gasteiger partial charge in [0.1, 0.15) is 0 Å². The lowest BCUT2D eigenvalue weighted by molar-refractivity contribution is 0.420. The van der Waals surface area contributed by atoms with Crippen LogP contribution in [-0.4, -0.2) is 17.2 Å². The van der Waals surface area contributed by atoms with Crippen LogP contribution in [0.5, 0.6) is 0 Å². The summed E-state index contributed by atoms with van der Waals surface area (Å²) in [6.45, 7) is 0. The van der Waals surface area contributed by atoms with Gasteiger partial charge in [0.15, 0.2) is 11.6 Å². The van der Waals surface area contributed by atoms with Crippen molar-refractivity contribution in [3.05, 3.63) is 27.3 Å². The van der Waals surface area contributed by atoms with Gasteiger partial charge >= 0.3 is 7.12 Å². The molecule has 2 N–H and O–H groups in total. The Morgan fingerprint density at radius 1 is 1.17 bits per heavy atom. The predicted octanol–water partition coefficient (Wildman–Crippen LogP) is 0.249. The highest BCUT2D eigenvalue weighted by Crippen LogP contribution is 2.11. The molecule has 1 aromatic rings. The first-order chi connectivity index (χ1) is 5.54. The van der Waals surface area contributed by atoms with Gasteiger partial charge in [0.25, 0.3) is 0 Å². The molecule has 0 aliphatic rings. The van der Waals surface area contributed by atoms with Gasteiger partial charge in [-0.1, -0.05) is 6.07 Å². The van der Waals surface area contributed by atoms with E-state index in [1.165, 1.54) is 6.07 Å². The summed E-state index contributed by atoms with van der Waals surface area (Å²) in [4.78, 5) is 0. The van der Waals surface area contributed by atoms with Gasteiger partial charge in [0.2, 0.25) is 0 Å². The Labute approximate surface area is 81.5 Å². The average molecular weight is 284 g/mol. The Morgan fingerprint density at radius 3 is 2.25 bits per heavy atom. The quantitative estimate of drug-likeness (QED) is 0.441. The molecule has 0 saturated heterocycles. The van der Waals surface area contributed by atoms with Gasteiger partial charge in [-0.05, 0) is 28.7 Å². The second-order valence-corrected chi connectivity index (χ2v) is 3.30. The Morgan fingerprint density at radius 2 is 1.75 bits per heavy atom. The van der Waals surface area contributed by atoms with Gasteiger partial charge in [-0.3, -0.25) is 0 Å². The highest BCUT2D eigenvalue weighted by molar-refractivity contribution is 14.1. The lowest BCUT2D eigenvalue weighted by Gasteiger charge is -2.02. The van der Waals surface area contributed by atoms with Crippen molar-refractivity contribution in [1.29, 1.82) is 0 Å². The molecule has 0 atom stereocenters. The SMILES string of the molecule is OB(O)c1ccc(I)c(F)c1F. The van der Waals surface area contributed by atoms with Crippen molar-refractivity contribution < 1.29 is 18.8 Å². The maximum Gasteiger partial charge on any atom is 0.491 e. The average Bonchev–Trinajstić information content (AvgIpc) is 2.00. The van der Waals surface area contributed by atoms with Crippen LogP contribution >= 0.6 is 22.6 Å². The summed E-state index contributed by atoms with van der Waals surface area (Å²) >= 11 is 1.61. The monoisotopic (exact) mass is 284 g/mol. The van der Waals surface area contributed by atoms with E-state index in [2.05, 4.69) is 0 Å². The number of rotatable bonds is 1. The van der Waals surface area contributed by atoms with Crippen LogP contribution in [0.15, 0.2) is 12.1 Å². The zero-order chi connectivity index (χ0) is 9.30. The molecule has 0 aromatic heterocycles. The van der Waals surface area contributed by atoms with Gasteiger partial charge in [-0.15, -0.1) is 0 Å². The molecular formula is C6H4BF2IO2. The Balaban J connectivity index is 3.27. The largest absolute Gasteiger partial charge is 0.491 e. The minimum atomic E-state index is -1.98. The fourth-order valence-corrected chi connectivity index (χ4v) is 1.16. The zero-order valence-electron chi connectivity index (χ0n) is 5.76. The molecular weight excluding hydrogens is 280 g/mol. The summed E-state index contributed by atoms with van der Waals surface area (Å²) in [5, 5.41) is 17.1. The summed E-state index contributed by atoms with van der Waals surface area (Å²) in [5.74, 6) is -2.27. The van der Waals surface area contributed by atoms with Gasteiger partial charge in [0.05, 0.1) is 3.57 Å². The van der Waals surface area contributed by atoms with Crippen LogP contribution < -0.4 is 5.46 Å². The summed E-state index contributed by atoms with van der Waals surface area (Å²) < 4.78 is 25.7. The van der Waals surface area contributed by atoms with Crippen LogP contribution in [-0.2, 0) is 0 Å². The molecule has 0 bridgehead atoms. The fraction of sp³-hybridized carbons (Fsp3) is 0. The number of hydrogen-bond acceptors (Lipinski definition) is 2. The second-order valence-electron chi connectivity index (χ2n) is 2.14. The van der Waals surface area contributed by atoms with E-state index in [1.807, 2.05) is 0 Å². The van der Waals surface area contributed by atoms with Crippen LogP contribution in [0.25, 0.3) is 0 Å². The van der Waals surface area contributed by atoms with Crippen LogP contribution in [0, 0.1) is 15.2 Å². The molecule has 0 radical (unpaired) electrons. The molecule has 64 valence electrons. The van der Waals surface area contributed by atoms with Crippen molar-refractivity contribution in [2.45, 2.75) is 0 Å². The molecule has 0 unspecified atom stereocenters. The van der Waals surface area contributed by atoms with Crippen LogP contribution in [0.4, 0.5) is 8.78 Å². The molecule has 0 aliphatic carbocycles. The first-order valence-electron chi connectivity index (χ1n) is 3.03. The Bertz CT molecular complexity index is 306. The maximum atomic E-state index is 12.8. The third kappa shape index (κ3) is 1.75. The van der Waals surface area contributed by atoms with E-state index in [0.717, 1.165) is 6.07 Å². The van der Waals surface area contributed by atoms with E-state index in [4.69, 9.17) is 10.0 Å². The van der Waals surface area contributed by atoms with Crippen molar-refractivity contribution in [3.63, 3.8) is 0 Å². The molecule has 6 heteroatoms. The van der Waals surface area contributed by atoms with Crippen LogP contribution in [0.2, 0.25) is 0 Å². The number of halogens is 3. The van der Waals surface area contributed by atoms with E-state index < -0.39 is 24.2 Å². The first kappa shape index (κ1) is 9.88. The molecule has 0 fully saturated rings. The van der Waals surface area contributed by atoms with Crippen molar-refractivity contribution in [1.82, 2.24) is 0 Å². The Hall–Kier alpha value is -0.205. The van der Waals surface area contributed by atoms with Crippen molar-refractivity contribution >= 4 is 35.2 Å². The van der Waals surface area contributed by atoms with E-state index >= 15 is 0 Å². The maximum absolute atomic E-state index is 12.8. The van der Waals surface area contributed by atoms with Gasteiger partial charge in [-0.2, -0.15) is 0 Å². The number of hydrogen-bond donors (Lipinski definition) is 2. The lowest BCUT2D eigenvalue weighted by Crippen LogP contribution is -2.33. The zero-order valence-corrected chi connectivity index (χ0v) is 7.92. The lowest BCUT2D eigenvalue weighted by atomic mass is 9.80. The topological polar surface area (TPSA) is 40.5 Å². The fourth-order valence-electron chi connectivity index (χ4n) is 0.740. The molecule has 2 nitrogen and oxygen atoms in total. The van der Waals surface area contributed by atoms with Gasteiger partial charge < -0.3 is 10.0 Å².